The fraction of sp³-hybridized carbons (Fsp3) is 0.148. The number of pyridine rings is 2. The standard InChI is InChI=1S/C27H24N4O2/c1-18-13-22-5-3-4-6-25(22)29-26(18)20-9-7-19(8-10-20)17-33-27-24(15-31(2)30-27)21-11-12-28-23(14-21)16-32/h3-15,32H,16-17H2,1-2H3. The predicted molar refractivity (Wildman–Crippen MR) is 129 cm³/mol. The Morgan fingerprint density at radius 1 is 0.970 bits per heavy atom. The van der Waals surface area contributed by atoms with Gasteiger partial charge < -0.3 is 9.84 Å². The van der Waals surface area contributed by atoms with Gasteiger partial charge in [0.1, 0.15) is 6.61 Å². The molecule has 3 aromatic heterocycles. The second-order valence-corrected chi connectivity index (χ2v) is 8.05. The van der Waals surface area contributed by atoms with Gasteiger partial charge in [0.2, 0.25) is 5.88 Å². The summed E-state index contributed by atoms with van der Waals surface area (Å²) in [6.07, 6.45) is 3.59. The average Bonchev–Trinajstić information content (AvgIpc) is 3.23. The molecular formula is C27H24N4O2. The fourth-order valence-electron chi connectivity index (χ4n) is 3.93. The molecule has 0 atom stereocenters. The van der Waals surface area contributed by atoms with Crippen molar-refractivity contribution in [3.05, 3.63) is 95.9 Å². The van der Waals surface area contributed by atoms with Gasteiger partial charge in [-0.25, -0.2) is 4.98 Å². The number of rotatable bonds is 6. The van der Waals surface area contributed by atoms with Crippen LogP contribution in [-0.2, 0) is 20.3 Å². The Morgan fingerprint density at radius 2 is 1.79 bits per heavy atom. The minimum atomic E-state index is -0.109. The van der Waals surface area contributed by atoms with Gasteiger partial charge in [-0.2, -0.15) is 0 Å². The van der Waals surface area contributed by atoms with Gasteiger partial charge in [-0.3, -0.25) is 9.67 Å². The zero-order valence-corrected chi connectivity index (χ0v) is 18.6. The molecule has 0 aliphatic rings. The van der Waals surface area contributed by atoms with Crippen molar-refractivity contribution in [2.75, 3.05) is 0 Å². The van der Waals surface area contributed by atoms with E-state index in [1.807, 2.05) is 43.6 Å². The second kappa shape index (κ2) is 8.84. The molecule has 0 fully saturated rings. The van der Waals surface area contributed by atoms with Gasteiger partial charge in [-0.15, -0.1) is 5.10 Å². The maximum absolute atomic E-state index is 9.39. The highest BCUT2D eigenvalue weighted by Gasteiger charge is 2.13. The average molecular weight is 437 g/mol. The summed E-state index contributed by atoms with van der Waals surface area (Å²) in [6, 6.07) is 22.4. The van der Waals surface area contributed by atoms with E-state index < -0.39 is 0 Å². The van der Waals surface area contributed by atoms with Crippen molar-refractivity contribution in [3.8, 4) is 28.3 Å². The molecule has 3 heterocycles. The van der Waals surface area contributed by atoms with E-state index in [1.54, 1.807) is 10.9 Å². The van der Waals surface area contributed by atoms with Crippen molar-refractivity contribution in [2.24, 2.45) is 7.05 Å². The van der Waals surface area contributed by atoms with Crippen LogP contribution in [0, 0.1) is 6.92 Å². The molecule has 5 rings (SSSR count). The Morgan fingerprint density at radius 3 is 2.61 bits per heavy atom. The van der Waals surface area contributed by atoms with Crippen LogP contribution < -0.4 is 4.74 Å². The van der Waals surface area contributed by atoms with Crippen LogP contribution in [0.4, 0.5) is 0 Å². The van der Waals surface area contributed by atoms with Crippen molar-refractivity contribution in [1.82, 2.24) is 19.7 Å². The summed E-state index contributed by atoms with van der Waals surface area (Å²) in [5.74, 6) is 0.545. The number of hydrogen-bond acceptors (Lipinski definition) is 5. The third-order valence-electron chi connectivity index (χ3n) is 5.60. The smallest absolute Gasteiger partial charge is 0.241 e. The quantitative estimate of drug-likeness (QED) is 0.402. The van der Waals surface area contributed by atoms with E-state index in [0.29, 0.717) is 18.2 Å². The first kappa shape index (κ1) is 20.8. The molecule has 5 aromatic rings. The van der Waals surface area contributed by atoms with Crippen LogP contribution in [0.15, 0.2) is 79.1 Å². The zero-order valence-electron chi connectivity index (χ0n) is 18.6. The van der Waals surface area contributed by atoms with Crippen molar-refractivity contribution < 1.29 is 9.84 Å². The topological polar surface area (TPSA) is 73.1 Å². The molecule has 6 nitrogen and oxygen atoms in total. The van der Waals surface area contributed by atoms with Crippen LogP contribution in [0.1, 0.15) is 16.8 Å². The van der Waals surface area contributed by atoms with Gasteiger partial charge in [0.25, 0.3) is 0 Å². The Kier molecular flexibility index (Phi) is 5.59. The lowest BCUT2D eigenvalue weighted by molar-refractivity contribution is 0.277. The van der Waals surface area contributed by atoms with E-state index in [9.17, 15) is 5.11 Å². The van der Waals surface area contributed by atoms with Gasteiger partial charge in [0.15, 0.2) is 0 Å². The van der Waals surface area contributed by atoms with Crippen molar-refractivity contribution in [3.63, 3.8) is 0 Å². The minimum absolute atomic E-state index is 0.109. The van der Waals surface area contributed by atoms with Gasteiger partial charge in [0.05, 0.1) is 29.1 Å². The molecule has 164 valence electrons. The van der Waals surface area contributed by atoms with Crippen molar-refractivity contribution in [2.45, 2.75) is 20.1 Å². The number of para-hydroxylation sites is 1. The molecule has 0 bridgehead atoms. The highest BCUT2D eigenvalue weighted by atomic mass is 16.5. The van der Waals surface area contributed by atoms with E-state index in [2.05, 4.69) is 53.4 Å². The summed E-state index contributed by atoms with van der Waals surface area (Å²) in [4.78, 5) is 9.01. The molecule has 2 aromatic carbocycles. The molecule has 0 aliphatic heterocycles. The van der Waals surface area contributed by atoms with Crippen LogP contribution in [0.2, 0.25) is 0 Å². The highest BCUT2D eigenvalue weighted by molar-refractivity contribution is 5.83. The Hall–Kier alpha value is -4.03. The lowest BCUT2D eigenvalue weighted by Gasteiger charge is -2.10. The van der Waals surface area contributed by atoms with E-state index in [1.165, 1.54) is 0 Å². The summed E-state index contributed by atoms with van der Waals surface area (Å²) >= 11 is 0. The first-order valence-corrected chi connectivity index (χ1v) is 10.8. The SMILES string of the molecule is Cc1cc2ccccc2nc1-c1ccc(COc2nn(C)cc2-c2ccnc(CO)c2)cc1. The van der Waals surface area contributed by atoms with Gasteiger partial charge in [-0.1, -0.05) is 42.5 Å². The zero-order chi connectivity index (χ0) is 22.8. The molecular weight excluding hydrogens is 412 g/mol. The number of benzene rings is 2. The third kappa shape index (κ3) is 4.33. The predicted octanol–water partition coefficient (Wildman–Crippen LogP) is 5.08. The first-order valence-electron chi connectivity index (χ1n) is 10.8. The summed E-state index contributed by atoms with van der Waals surface area (Å²) in [7, 11) is 1.86. The fourth-order valence-corrected chi connectivity index (χ4v) is 3.93. The normalized spacial score (nSPS) is 11.1. The number of aromatic nitrogens is 4. The summed E-state index contributed by atoms with van der Waals surface area (Å²) < 4.78 is 7.79. The molecule has 0 saturated carbocycles. The molecule has 0 radical (unpaired) electrons. The number of nitrogens with zero attached hydrogens (tertiary/aromatic N) is 4. The molecule has 0 amide bonds. The maximum Gasteiger partial charge on any atom is 0.241 e. The van der Waals surface area contributed by atoms with Gasteiger partial charge in [-0.05, 0) is 47.9 Å². The third-order valence-corrected chi connectivity index (χ3v) is 5.60. The monoisotopic (exact) mass is 436 g/mol. The molecule has 6 heteroatoms. The largest absolute Gasteiger partial charge is 0.471 e. The second-order valence-electron chi connectivity index (χ2n) is 8.05. The molecule has 0 unspecified atom stereocenters. The Labute approximate surface area is 192 Å². The highest BCUT2D eigenvalue weighted by Crippen LogP contribution is 2.30. The number of aliphatic hydroxyl groups is 1. The molecule has 1 N–H and O–H groups in total. The van der Waals surface area contributed by atoms with Crippen LogP contribution in [-0.4, -0.2) is 24.9 Å². The minimum Gasteiger partial charge on any atom is -0.471 e. The number of fused-ring (bicyclic) bond motifs is 1. The Bertz CT molecular complexity index is 1420. The summed E-state index contributed by atoms with van der Waals surface area (Å²) in [5.41, 5.74) is 7.63. The van der Waals surface area contributed by atoms with Crippen LogP contribution >= 0.6 is 0 Å². The van der Waals surface area contributed by atoms with Crippen molar-refractivity contribution in [1.29, 1.82) is 0 Å². The van der Waals surface area contributed by atoms with E-state index in [4.69, 9.17) is 9.72 Å². The lowest BCUT2D eigenvalue weighted by Crippen LogP contribution is -1.98. The molecule has 0 spiro atoms. The number of ether oxygens (including phenoxy) is 1. The maximum atomic E-state index is 9.39. The van der Waals surface area contributed by atoms with E-state index in [-0.39, 0.29) is 6.61 Å². The summed E-state index contributed by atoms with van der Waals surface area (Å²) in [5, 5.41) is 15.0. The number of hydrogen-bond donors (Lipinski definition) is 1. The molecule has 33 heavy (non-hydrogen) atoms. The molecule has 0 aliphatic carbocycles. The van der Waals surface area contributed by atoms with E-state index in [0.717, 1.165) is 44.4 Å². The van der Waals surface area contributed by atoms with Crippen LogP contribution in [0.5, 0.6) is 5.88 Å². The van der Waals surface area contributed by atoms with Gasteiger partial charge in [0, 0.05) is 30.4 Å². The Balaban J connectivity index is 1.36. The lowest BCUT2D eigenvalue weighted by atomic mass is 10.0. The van der Waals surface area contributed by atoms with E-state index >= 15 is 0 Å². The van der Waals surface area contributed by atoms with Crippen LogP contribution in [0.25, 0.3) is 33.3 Å². The number of aryl methyl sites for hydroxylation is 2. The van der Waals surface area contributed by atoms with Gasteiger partial charge >= 0.3 is 0 Å². The molecule has 0 saturated heterocycles. The van der Waals surface area contributed by atoms with Crippen molar-refractivity contribution >= 4 is 10.9 Å². The van der Waals surface area contributed by atoms with Crippen LogP contribution in [0.3, 0.4) is 0 Å². The first-order chi connectivity index (χ1) is 16.1. The number of aliphatic hydroxyl groups excluding tert-OH is 1. The summed E-state index contributed by atoms with van der Waals surface area (Å²) in [6.45, 7) is 2.38.